The fraction of sp³-hybridized carbons (Fsp3) is 0.533. The molecule has 0 bridgehead atoms. The van der Waals surface area contributed by atoms with Crippen LogP contribution in [0.2, 0.25) is 0 Å². The normalized spacial score (nSPS) is 16.1. The van der Waals surface area contributed by atoms with Crippen molar-refractivity contribution in [3.8, 4) is 0 Å². The molecule has 0 radical (unpaired) electrons. The van der Waals surface area contributed by atoms with E-state index in [1.807, 2.05) is 43.3 Å². The molecule has 1 aliphatic heterocycles. The number of nitrogens with one attached hydrogen (secondary N) is 1. The predicted octanol–water partition coefficient (Wildman–Crippen LogP) is 1.91. The van der Waals surface area contributed by atoms with Gasteiger partial charge in [0.2, 0.25) is 0 Å². The lowest BCUT2D eigenvalue weighted by molar-refractivity contribution is 0.0642. The summed E-state index contributed by atoms with van der Waals surface area (Å²) in [6, 6.07) is 7.68. The molecule has 0 atom stereocenters. The van der Waals surface area contributed by atoms with Crippen LogP contribution in [-0.4, -0.2) is 39.8 Å². The highest BCUT2D eigenvalue weighted by molar-refractivity contribution is 5.95. The summed E-state index contributed by atoms with van der Waals surface area (Å²) in [5.74, 6) is 0.560. The smallest absolute Gasteiger partial charge is 0.251 e. The van der Waals surface area contributed by atoms with Crippen molar-refractivity contribution >= 4 is 11.6 Å². The minimum absolute atomic E-state index is 0.00944. The van der Waals surface area contributed by atoms with Crippen LogP contribution in [0.4, 0.5) is 5.69 Å². The highest BCUT2D eigenvalue weighted by Crippen LogP contribution is 2.15. The van der Waals surface area contributed by atoms with Gasteiger partial charge in [-0.1, -0.05) is 6.07 Å². The Bertz CT molecular complexity index is 426. The third-order valence-corrected chi connectivity index (χ3v) is 3.52. The highest BCUT2D eigenvalue weighted by atomic mass is 16.5. The molecule has 0 aliphatic carbocycles. The molecule has 1 amide bonds. The molecule has 1 aromatic carbocycles. The van der Waals surface area contributed by atoms with Gasteiger partial charge in [-0.15, -0.1) is 0 Å². The largest absolute Gasteiger partial charge is 0.381 e. The van der Waals surface area contributed by atoms with Gasteiger partial charge in [0.05, 0.1) is 0 Å². The first-order valence-electron chi connectivity index (χ1n) is 6.80. The predicted molar refractivity (Wildman–Crippen MR) is 76.6 cm³/mol. The van der Waals surface area contributed by atoms with Crippen molar-refractivity contribution in [3.05, 3.63) is 29.8 Å². The van der Waals surface area contributed by atoms with Crippen molar-refractivity contribution in [1.82, 2.24) is 5.32 Å². The van der Waals surface area contributed by atoms with Gasteiger partial charge in [-0.3, -0.25) is 4.79 Å². The molecular formula is C15H22N2O2. The average Bonchev–Trinajstić information content (AvgIpc) is 2.46. The van der Waals surface area contributed by atoms with Crippen LogP contribution in [0, 0.1) is 5.92 Å². The molecule has 4 heteroatoms. The lowest BCUT2D eigenvalue weighted by Crippen LogP contribution is -2.32. The zero-order valence-corrected chi connectivity index (χ0v) is 11.7. The lowest BCUT2D eigenvalue weighted by atomic mass is 10.0. The summed E-state index contributed by atoms with van der Waals surface area (Å²) in [4.78, 5) is 14.1. The van der Waals surface area contributed by atoms with E-state index in [0.717, 1.165) is 43.9 Å². The standard InChI is InChI=1S/C15H22N2O2/c1-17(2)14-5-3-4-13(10-14)15(18)16-11-12-6-8-19-9-7-12/h3-5,10,12H,6-9,11H2,1-2H3,(H,16,18). The molecule has 0 unspecified atom stereocenters. The van der Waals surface area contributed by atoms with Crippen molar-refractivity contribution < 1.29 is 9.53 Å². The van der Waals surface area contributed by atoms with Crippen LogP contribution >= 0.6 is 0 Å². The summed E-state index contributed by atoms with van der Waals surface area (Å²) < 4.78 is 5.32. The van der Waals surface area contributed by atoms with Gasteiger partial charge in [0, 0.05) is 45.1 Å². The van der Waals surface area contributed by atoms with Crippen LogP contribution in [0.3, 0.4) is 0 Å². The van der Waals surface area contributed by atoms with E-state index >= 15 is 0 Å². The van der Waals surface area contributed by atoms with Gasteiger partial charge in [-0.25, -0.2) is 0 Å². The van der Waals surface area contributed by atoms with Gasteiger partial charge in [-0.2, -0.15) is 0 Å². The van der Waals surface area contributed by atoms with Crippen LogP contribution in [0.15, 0.2) is 24.3 Å². The fourth-order valence-electron chi connectivity index (χ4n) is 2.21. The zero-order valence-electron chi connectivity index (χ0n) is 11.7. The van der Waals surface area contributed by atoms with E-state index in [-0.39, 0.29) is 5.91 Å². The summed E-state index contributed by atoms with van der Waals surface area (Å²) in [5.41, 5.74) is 1.76. The first-order valence-corrected chi connectivity index (χ1v) is 6.80. The van der Waals surface area contributed by atoms with E-state index < -0.39 is 0 Å². The summed E-state index contributed by atoms with van der Waals surface area (Å²) in [7, 11) is 3.94. The second-order valence-corrected chi connectivity index (χ2v) is 5.21. The van der Waals surface area contributed by atoms with Gasteiger partial charge < -0.3 is 15.0 Å². The molecule has 4 nitrogen and oxygen atoms in total. The lowest BCUT2D eigenvalue weighted by Gasteiger charge is -2.22. The Hall–Kier alpha value is -1.55. The van der Waals surface area contributed by atoms with Gasteiger partial charge >= 0.3 is 0 Å². The molecular weight excluding hydrogens is 240 g/mol. The summed E-state index contributed by atoms with van der Waals surface area (Å²) in [6.07, 6.45) is 2.08. The number of nitrogens with zero attached hydrogens (tertiary/aromatic N) is 1. The summed E-state index contributed by atoms with van der Waals surface area (Å²) in [5, 5.41) is 3.02. The van der Waals surface area contributed by atoms with Gasteiger partial charge in [0.1, 0.15) is 0 Å². The molecule has 1 heterocycles. The molecule has 0 saturated carbocycles. The third-order valence-electron chi connectivity index (χ3n) is 3.52. The van der Waals surface area contributed by atoms with Crippen molar-refractivity contribution in [2.75, 3.05) is 38.8 Å². The van der Waals surface area contributed by atoms with Gasteiger partial charge in [-0.05, 0) is 37.0 Å². The first kappa shape index (κ1) is 13.9. The average molecular weight is 262 g/mol. The quantitative estimate of drug-likeness (QED) is 0.901. The van der Waals surface area contributed by atoms with Gasteiger partial charge in [0.25, 0.3) is 5.91 Å². The Labute approximate surface area is 114 Å². The maximum atomic E-state index is 12.1. The molecule has 1 saturated heterocycles. The monoisotopic (exact) mass is 262 g/mol. The molecule has 1 aliphatic rings. The van der Waals surface area contributed by atoms with Crippen molar-refractivity contribution in [2.24, 2.45) is 5.92 Å². The number of anilines is 1. The van der Waals surface area contributed by atoms with Crippen LogP contribution < -0.4 is 10.2 Å². The van der Waals surface area contributed by atoms with Crippen molar-refractivity contribution in [3.63, 3.8) is 0 Å². The minimum Gasteiger partial charge on any atom is -0.381 e. The highest BCUT2D eigenvalue weighted by Gasteiger charge is 2.15. The second kappa shape index (κ2) is 6.57. The van der Waals surface area contributed by atoms with Crippen LogP contribution in [-0.2, 0) is 4.74 Å². The number of carbonyl (C=O) groups is 1. The molecule has 19 heavy (non-hydrogen) atoms. The molecule has 0 aromatic heterocycles. The molecule has 1 fully saturated rings. The Morgan fingerprint density at radius 3 is 2.79 bits per heavy atom. The van der Waals surface area contributed by atoms with Crippen LogP contribution in [0.5, 0.6) is 0 Å². The number of carbonyl (C=O) groups excluding carboxylic acids is 1. The molecule has 0 spiro atoms. The third kappa shape index (κ3) is 3.96. The van der Waals surface area contributed by atoms with E-state index in [9.17, 15) is 4.79 Å². The number of rotatable bonds is 4. The van der Waals surface area contributed by atoms with E-state index in [1.165, 1.54) is 0 Å². The van der Waals surface area contributed by atoms with Gasteiger partial charge in [0.15, 0.2) is 0 Å². The first-order chi connectivity index (χ1) is 9.16. The molecule has 1 N–H and O–H groups in total. The Morgan fingerprint density at radius 1 is 1.37 bits per heavy atom. The van der Waals surface area contributed by atoms with Crippen LogP contribution in [0.25, 0.3) is 0 Å². The fourth-order valence-corrected chi connectivity index (χ4v) is 2.21. The number of ether oxygens (including phenoxy) is 1. The van der Waals surface area contributed by atoms with E-state index in [4.69, 9.17) is 4.74 Å². The summed E-state index contributed by atoms with van der Waals surface area (Å²) >= 11 is 0. The van der Waals surface area contributed by atoms with Crippen molar-refractivity contribution in [1.29, 1.82) is 0 Å². The van der Waals surface area contributed by atoms with Crippen LogP contribution in [0.1, 0.15) is 23.2 Å². The van der Waals surface area contributed by atoms with E-state index in [1.54, 1.807) is 0 Å². The number of hydrogen-bond acceptors (Lipinski definition) is 3. The molecule has 2 rings (SSSR count). The van der Waals surface area contributed by atoms with E-state index in [2.05, 4.69) is 5.32 Å². The Balaban J connectivity index is 1.90. The summed E-state index contributed by atoms with van der Waals surface area (Å²) in [6.45, 7) is 2.38. The maximum Gasteiger partial charge on any atom is 0.251 e. The van der Waals surface area contributed by atoms with Crippen molar-refractivity contribution in [2.45, 2.75) is 12.8 Å². The maximum absolute atomic E-state index is 12.1. The molecule has 1 aromatic rings. The second-order valence-electron chi connectivity index (χ2n) is 5.21. The SMILES string of the molecule is CN(C)c1cccc(C(=O)NCC2CCOCC2)c1. The number of hydrogen-bond donors (Lipinski definition) is 1. The van der Waals surface area contributed by atoms with E-state index in [0.29, 0.717) is 5.92 Å². The number of amides is 1. The topological polar surface area (TPSA) is 41.6 Å². The zero-order chi connectivity index (χ0) is 13.7. The molecule has 104 valence electrons. The Kier molecular flexibility index (Phi) is 4.80. The Morgan fingerprint density at radius 2 is 2.11 bits per heavy atom. The number of benzene rings is 1. The minimum atomic E-state index is 0.00944.